The summed E-state index contributed by atoms with van der Waals surface area (Å²) < 4.78 is 32.6. The maximum atomic E-state index is 13.0. The number of nitrogens with one attached hydrogen (secondary N) is 1. The molecule has 0 aliphatic carbocycles. The normalized spacial score (nSPS) is 14.1. The van der Waals surface area contributed by atoms with E-state index in [1.54, 1.807) is 55.6 Å². The van der Waals surface area contributed by atoms with Crippen LogP contribution in [0.15, 0.2) is 77.7 Å². The van der Waals surface area contributed by atoms with Crippen molar-refractivity contribution in [2.24, 2.45) is 0 Å². The Balaban J connectivity index is 1.51. The average Bonchev–Trinajstić information content (AvgIpc) is 3.24. The highest BCUT2D eigenvalue weighted by molar-refractivity contribution is 7.92. The van der Waals surface area contributed by atoms with E-state index in [-0.39, 0.29) is 16.8 Å². The van der Waals surface area contributed by atoms with E-state index in [4.69, 9.17) is 4.74 Å². The van der Waals surface area contributed by atoms with Gasteiger partial charge in [-0.15, -0.1) is 0 Å². The molecule has 0 bridgehead atoms. The standard InChI is InChI=1S/C24H24N2O4S/c1-17(18-8-11-21(30-2)12-9-18)25-24(27)20-10-13-23-19(16-20)14-15-26(23)31(28,29)22-6-4-3-5-7-22/h3-13,16-17H,14-15H2,1-2H3,(H,25,27)/t17-/m0/s1. The lowest BCUT2D eigenvalue weighted by atomic mass is 10.1. The van der Waals surface area contributed by atoms with Gasteiger partial charge in [0.25, 0.3) is 15.9 Å². The monoisotopic (exact) mass is 436 g/mol. The number of benzene rings is 3. The van der Waals surface area contributed by atoms with Crippen LogP contribution in [0.2, 0.25) is 0 Å². The highest BCUT2D eigenvalue weighted by Crippen LogP contribution is 2.33. The van der Waals surface area contributed by atoms with Gasteiger partial charge in [0.05, 0.1) is 23.7 Å². The summed E-state index contributed by atoms with van der Waals surface area (Å²) in [6.45, 7) is 2.28. The fourth-order valence-electron chi connectivity index (χ4n) is 3.74. The van der Waals surface area contributed by atoms with Gasteiger partial charge in [-0.25, -0.2) is 8.42 Å². The highest BCUT2D eigenvalue weighted by Gasteiger charge is 2.31. The number of methoxy groups -OCH3 is 1. The van der Waals surface area contributed by atoms with Crippen molar-refractivity contribution in [2.75, 3.05) is 18.0 Å². The Morgan fingerprint density at radius 1 is 1.03 bits per heavy atom. The lowest BCUT2D eigenvalue weighted by Crippen LogP contribution is -2.29. The molecule has 0 unspecified atom stereocenters. The average molecular weight is 437 g/mol. The molecule has 160 valence electrons. The van der Waals surface area contributed by atoms with Crippen molar-refractivity contribution in [3.05, 3.63) is 89.5 Å². The van der Waals surface area contributed by atoms with Gasteiger partial charge in [0, 0.05) is 12.1 Å². The largest absolute Gasteiger partial charge is 0.497 e. The van der Waals surface area contributed by atoms with Crippen LogP contribution in [-0.4, -0.2) is 28.0 Å². The van der Waals surface area contributed by atoms with Crippen molar-refractivity contribution in [1.29, 1.82) is 0 Å². The van der Waals surface area contributed by atoms with E-state index in [1.807, 2.05) is 31.2 Å². The first-order valence-corrected chi connectivity index (χ1v) is 11.5. The van der Waals surface area contributed by atoms with Crippen LogP contribution < -0.4 is 14.4 Å². The topological polar surface area (TPSA) is 75.7 Å². The summed E-state index contributed by atoms with van der Waals surface area (Å²) in [5.41, 5.74) is 2.96. The van der Waals surface area contributed by atoms with Crippen LogP contribution in [0.4, 0.5) is 5.69 Å². The van der Waals surface area contributed by atoms with Crippen molar-refractivity contribution in [1.82, 2.24) is 5.32 Å². The predicted molar refractivity (Wildman–Crippen MR) is 120 cm³/mol. The summed E-state index contributed by atoms with van der Waals surface area (Å²) in [6.07, 6.45) is 0.566. The molecule has 0 spiro atoms. The number of anilines is 1. The molecule has 0 aromatic heterocycles. The fourth-order valence-corrected chi connectivity index (χ4v) is 5.26. The lowest BCUT2D eigenvalue weighted by Gasteiger charge is -2.20. The molecule has 1 aliphatic rings. The van der Waals surface area contributed by atoms with Gasteiger partial charge in [-0.1, -0.05) is 30.3 Å². The van der Waals surface area contributed by atoms with Crippen LogP contribution >= 0.6 is 0 Å². The summed E-state index contributed by atoms with van der Waals surface area (Å²) in [6, 6.07) is 20.9. The van der Waals surface area contributed by atoms with E-state index in [2.05, 4.69) is 5.32 Å². The number of nitrogens with zero attached hydrogens (tertiary/aromatic N) is 1. The number of fused-ring (bicyclic) bond motifs is 1. The van der Waals surface area contributed by atoms with E-state index < -0.39 is 10.0 Å². The fraction of sp³-hybridized carbons (Fsp3) is 0.208. The van der Waals surface area contributed by atoms with Gasteiger partial charge in [-0.3, -0.25) is 9.10 Å². The molecule has 4 rings (SSSR count). The minimum Gasteiger partial charge on any atom is -0.497 e. The zero-order valence-corrected chi connectivity index (χ0v) is 18.2. The maximum Gasteiger partial charge on any atom is 0.264 e. The summed E-state index contributed by atoms with van der Waals surface area (Å²) >= 11 is 0. The molecule has 1 atom stereocenters. The van der Waals surface area contributed by atoms with Crippen molar-refractivity contribution < 1.29 is 17.9 Å². The zero-order valence-electron chi connectivity index (χ0n) is 17.4. The van der Waals surface area contributed by atoms with E-state index in [0.717, 1.165) is 16.9 Å². The quantitative estimate of drug-likeness (QED) is 0.635. The Morgan fingerprint density at radius 3 is 2.42 bits per heavy atom. The number of sulfonamides is 1. The van der Waals surface area contributed by atoms with Gasteiger partial charge in [0.1, 0.15) is 5.75 Å². The number of carbonyl (C=O) groups is 1. The first-order chi connectivity index (χ1) is 14.9. The second-order valence-electron chi connectivity index (χ2n) is 7.45. The lowest BCUT2D eigenvalue weighted by molar-refractivity contribution is 0.0940. The van der Waals surface area contributed by atoms with Crippen LogP contribution in [-0.2, 0) is 16.4 Å². The molecule has 0 fully saturated rings. The molecular formula is C24H24N2O4S. The molecule has 1 heterocycles. The van der Waals surface area contributed by atoms with Crippen molar-refractivity contribution in [2.45, 2.75) is 24.3 Å². The zero-order chi connectivity index (χ0) is 22.0. The third kappa shape index (κ3) is 4.14. The van der Waals surface area contributed by atoms with Crippen LogP contribution in [0.25, 0.3) is 0 Å². The summed E-state index contributed by atoms with van der Waals surface area (Å²) in [5.74, 6) is 0.561. The molecule has 3 aromatic rings. The number of rotatable bonds is 6. The van der Waals surface area contributed by atoms with Crippen LogP contribution in [0.1, 0.15) is 34.5 Å². The van der Waals surface area contributed by atoms with Gasteiger partial charge >= 0.3 is 0 Å². The second-order valence-corrected chi connectivity index (χ2v) is 9.31. The molecule has 3 aromatic carbocycles. The minimum absolute atomic E-state index is 0.179. The van der Waals surface area contributed by atoms with Crippen LogP contribution in [0.3, 0.4) is 0 Å². The number of hydrogen-bond acceptors (Lipinski definition) is 4. The first-order valence-electron chi connectivity index (χ1n) is 10.1. The number of hydrogen-bond donors (Lipinski definition) is 1. The molecule has 6 nitrogen and oxygen atoms in total. The van der Waals surface area contributed by atoms with Gasteiger partial charge in [-0.2, -0.15) is 0 Å². The molecule has 0 saturated carbocycles. The van der Waals surface area contributed by atoms with Crippen LogP contribution in [0, 0.1) is 0 Å². The molecule has 31 heavy (non-hydrogen) atoms. The Labute approximate surface area is 182 Å². The smallest absolute Gasteiger partial charge is 0.264 e. The van der Waals surface area contributed by atoms with Crippen LogP contribution in [0.5, 0.6) is 5.75 Å². The third-order valence-electron chi connectivity index (χ3n) is 5.49. The van der Waals surface area contributed by atoms with Gasteiger partial charge < -0.3 is 10.1 Å². The number of carbonyl (C=O) groups excluding carboxylic acids is 1. The van der Waals surface area contributed by atoms with Crippen molar-refractivity contribution in [3.63, 3.8) is 0 Å². The first kappa shape index (κ1) is 20.9. The van der Waals surface area contributed by atoms with E-state index in [1.165, 1.54) is 4.31 Å². The Hall–Kier alpha value is -3.32. The van der Waals surface area contributed by atoms with Gasteiger partial charge in [0.15, 0.2) is 0 Å². The number of ether oxygens (including phenoxy) is 1. The SMILES string of the molecule is COc1ccc([C@H](C)NC(=O)c2ccc3c(c2)CCN3S(=O)(=O)c2ccccc2)cc1. The van der Waals surface area contributed by atoms with E-state index in [0.29, 0.717) is 24.2 Å². The summed E-state index contributed by atoms with van der Waals surface area (Å²) in [7, 11) is -2.01. The number of amides is 1. The molecule has 1 amide bonds. The summed E-state index contributed by atoms with van der Waals surface area (Å²) in [5, 5.41) is 3.00. The third-order valence-corrected chi connectivity index (χ3v) is 7.32. The Bertz CT molecular complexity index is 1190. The Kier molecular flexibility index (Phi) is 5.69. The molecule has 0 saturated heterocycles. The maximum absolute atomic E-state index is 13.0. The second kappa shape index (κ2) is 8.43. The molecule has 1 aliphatic heterocycles. The van der Waals surface area contributed by atoms with Crippen molar-refractivity contribution >= 4 is 21.6 Å². The van der Waals surface area contributed by atoms with Crippen molar-refractivity contribution in [3.8, 4) is 5.75 Å². The van der Waals surface area contributed by atoms with E-state index in [9.17, 15) is 13.2 Å². The molecule has 7 heteroatoms. The predicted octanol–water partition coefficient (Wildman–Crippen LogP) is 3.94. The molecule has 1 N–H and O–H groups in total. The van der Waals surface area contributed by atoms with Gasteiger partial charge in [-0.05, 0) is 66.9 Å². The molecule has 0 radical (unpaired) electrons. The summed E-state index contributed by atoms with van der Waals surface area (Å²) in [4.78, 5) is 13.0. The van der Waals surface area contributed by atoms with E-state index >= 15 is 0 Å². The van der Waals surface area contributed by atoms with Gasteiger partial charge in [0.2, 0.25) is 0 Å². The molecular weight excluding hydrogens is 412 g/mol. The highest BCUT2D eigenvalue weighted by atomic mass is 32.2. The Morgan fingerprint density at radius 2 is 1.74 bits per heavy atom. The minimum atomic E-state index is -3.62.